The van der Waals surface area contributed by atoms with E-state index in [1.165, 1.54) is 33.6 Å². The van der Waals surface area contributed by atoms with Gasteiger partial charge < -0.3 is 4.90 Å². The van der Waals surface area contributed by atoms with Crippen molar-refractivity contribution >= 4 is 22.5 Å². The molecule has 34 heavy (non-hydrogen) atoms. The van der Waals surface area contributed by atoms with Crippen molar-refractivity contribution in [3.05, 3.63) is 145 Å². The molecule has 0 bridgehead atoms. The number of hydrogen-bond donors (Lipinski definition) is 0. The summed E-state index contributed by atoms with van der Waals surface area (Å²) in [5.74, 6) is 0. The number of allylic oxidation sites excluding steroid dienone is 2. The maximum Gasteiger partial charge on any atom is 0.121 e. The van der Waals surface area contributed by atoms with Gasteiger partial charge in [0.25, 0.3) is 0 Å². The van der Waals surface area contributed by atoms with Crippen LogP contribution in [0.5, 0.6) is 0 Å². The Morgan fingerprint density at radius 3 is 1.38 bits per heavy atom. The van der Waals surface area contributed by atoms with Gasteiger partial charge in [-0.1, -0.05) is 103 Å². The molecule has 0 fully saturated rings. The number of anilines is 2. The second-order valence-corrected chi connectivity index (χ2v) is 8.89. The van der Waals surface area contributed by atoms with Gasteiger partial charge in [0.05, 0.1) is 0 Å². The molecule has 5 rings (SSSR count). The summed E-state index contributed by atoms with van der Waals surface area (Å²) in [5, 5.41) is 0. The van der Waals surface area contributed by atoms with Crippen molar-refractivity contribution in [3.63, 3.8) is 0 Å². The highest BCUT2D eigenvalue weighted by Gasteiger charge is 2.40. The van der Waals surface area contributed by atoms with Crippen LogP contribution in [0, 0.1) is 0 Å². The van der Waals surface area contributed by atoms with E-state index in [2.05, 4.69) is 157 Å². The summed E-state index contributed by atoms with van der Waals surface area (Å²) in [5.41, 5.74) is 6.96. The molecule has 0 radical (unpaired) electrons. The maximum atomic E-state index is 2.47. The molecule has 0 aromatic heterocycles. The lowest BCUT2D eigenvalue weighted by Crippen LogP contribution is -2.55. The second-order valence-electron chi connectivity index (χ2n) is 8.89. The van der Waals surface area contributed by atoms with Crippen molar-refractivity contribution in [2.24, 2.45) is 0 Å². The summed E-state index contributed by atoms with van der Waals surface area (Å²) < 4.78 is 0. The second kappa shape index (κ2) is 9.54. The maximum absolute atomic E-state index is 2.47. The van der Waals surface area contributed by atoms with Crippen molar-refractivity contribution in [2.45, 2.75) is 12.1 Å². The van der Waals surface area contributed by atoms with Crippen LogP contribution >= 0.6 is 0 Å². The highest BCUT2D eigenvalue weighted by atomic mass is 15.4. The molecule has 0 saturated heterocycles. The topological polar surface area (TPSA) is 6.48 Å². The van der Waals surface area contributed by atoms with Crippen LogP contribution in [0.2, 0.25) is 0 Å². The first kappa shape index (κ1) is 21.9. The first-order valence-corrected chi connectivity index (χ1v) is 11.8. The molecule has 2 nitrogen and oxygen atoms in total. The zero-order chi connectivity index (χ0) is 23.4. The summed E-state index contributed by atoms with van der Waals surface area (Å²) in [6.07, 6.45) is 5.73. The van der Waals surface area contributed by atoms with Crippen LogP contribution in [-0.4, -0.2) is 24.7 Å². The molecular weight excluding hydrogens is 412 g/mol. The molecule has 4 aromatic rings. The number of nitrogens with zero attached hydrogens (tertiary/aromatic N) is 2. The van der Waals surface area contributed by atoms with Crippen molar-refractivity contribution in [1.82, 2.24) is 4.90 Å². The van der Waals surface area contributed by atoms with Gasteiger partial charge >= 0.3 is 0 Å². The van der Waals surface area contributed by atoms with Gasteiger partial charge in [-0.15, -0.1) is 0 Å². The number of hydrogen-bond acceptors (Lipinski definition) is 2. The standard InChI is InChI=1S/C32H30N2/c1-33(2)32(34(28-19-11-5-12-20-28)29-21-13-6-14-22-29)24-23-30(26-15-7-3-8-16-26)31(25-32)27-17-9-4-10-18-27/h3-23,25H,24H2,1-2H3. The Morgan fingerprint density at radius 1 is 0.529 bits per heavy atom. The molecule has 4 aromatic carbocycles. The monoisotopic (exact) mass is 442 g/mol. The molecular formula is C32H30N2. The molecule has 0 saturated carbocycles. The SMILES string of the molecule is CN(C)C1(N(c2ccccc2)c2ccccc2)C=C(c2ccccc2)C(c2ccccc2)=CC1. The van der Waals surface area contributed by atoms with Crippen molar-refractivity contribution in [2.75, 3.05) is 19.0 Å². The molecule has 0 heterocycles. The normalized spacial score (nSPS) is 17.7. The van der Waals surface area contributed by atoms with Crippen LogP contribution in [0.4, 0.5) is 11.4 Å². The van der Waals surface area contributed by atoms with Crippen LogP contribution in [0.15, 0.2) is 133 Å². The van der Waals surface area contributed by atoms with Gasteiger partial charge in [-0.2, -0.15) is 0 Å². The highest BCUT2D eigenvalue weighted by Crippen LogP contribution is 2.45. The zero-order valence-corrected chi connectivity index (χ0v) is 19.8. The summed E-state index contributed by atoms with van der Waals surface area (Å²) in [7, 11) is 4.36. The first-order chi connectivity index (χ1) is 16.7. The third kappa shape index (κ3) is 4.09. The average molecular weight is 443 g/mol. The van der Waals surface area contributed by atoms with Crippen LogP contribution in [-0.2, 0) is 0 Å². The van der Waals surface area contributed by atoms with E-state index in [1.54, 1.807) is 0 Å². The molecule has 0 N–H and O–H groups in total. The van der Waals surface area contributed by atoms with Gasteiger partial charge in [0.15, 0.2) is 0 Å². The third-order valence-corrected chi connectivity index (χ3v) is 6.63. The Bertz CT molecular complexity index is 1240. The highest BCUT2D eigenvalue weighted by molar-refractivity contribution is 6.06. The van der Waals surface area contributed by atoms with Gasteiger partial charge in [-0.05, 0) is 66.7 Å². The number of likely N-dealkylation sites (N-methyl/N-ethyl adjacent to an activating group) is 1. The quantitative estimate of drug-likeness (QED) is 0.283. The minimum absolute atomic E-state index is 0.383. The van der Waals surface area contributed by atoms with Gasteiger partial charge in [0, 0.05) is 17.8 Å². The van der Waals surface area contributed by atoms with Crippen molar-refractivity contribution < 1.29 is 0 Å². The summed E-state index contributed by atoms with van der Waals surface area (Å²) in [4.78, 5) is 4.81. The van der Waals surface area contributed by atoms with Crippen molar-refractivity contribution in [1.29, 1.82) is 0 Å². The smallest absolute Gasteiger partial charge is 0.121 e. The fourth-order valence-electron chi connectivity index (χ4n) is 4.90. The summed E-state index contributed by atoms with van der Waals surface area (Å²) >= 11 is 0. The van der Waals surface area contributed by atoms with Gasteiger partial charge in [-0.3, -0.25) is 4.90 Å². The Hall–Kier alpha value is -3.88. The van der Waals surface area contributed by atoms with Crippen LogP contribution < -0.4 is 4.90 Å². The van der Waals surface area contributed by atoms with E-state index >= 15 is 0 Å². The van der Waals surface area contributed by atoms with E-state index in [-0.39, 0.29) is 5.66 Å². The fourth-order valence-corrected chi connectivity index (χ4v) is 4.90. The van der Waals surface area contributed by atoms with Gasteiger partial charge in [-0.25, -0.2) is 0 Å². The molecule has 0 spiro atoms. The third-order valence-electron chi connectivity index (χ3n) is 6.63. The molecule has 0 aliphatic heterocycles. The Balaban J connectivity index is 1.75. The predicted octanol–water partition coefficient (Wildman–Crippen LogP) is 7.65. The minimum Gasteiger partial charge on any atom is -0.319 e. The Kier molecular flexibility index (Phi) is 6.16. The van der Waals surface area contributed by atoms with Crippen LogP contribution in [0.3, 0.4) is 0 Å². The zero-order valence-electron chi connectivity index (χ0n) is 19.8. The lowest BCUT2D eigenvalue weighted by molar-refractivity contribution is 0.215. The van der Waals surface area contributed by atoms with E-state index in [0.717, 1.165) is 6.42 Å². The lowest BCUT2D eigenvalue weighted by Gasteiger charge is -2.49. The van der Waals surface area contributed by atoms with Gasteiger partial charge in [0.2, 0.25) is 0 Å². The number of para-hydroxylation sites is 2. The van der Waals surface area contributed by atoms with E-state index in [0.29, 0.717) is 0 Å². The molecule has 1 aliphatic carbocycles. The van der Waals surface area contributed by atoms with E-state index in [1.807, 2.05) is 0 Å². The number of rotatable bonds is 6. The molecule has 0 amide bonds. The molecule has 1 unspecified atom stereocenters. The first-order valence-electron chi connectivity index (χ1n) is 11.8. The predicted molar refractivity (Wildman–Crippen MR) is 145 cm³/mol. The van der Waals surface area contributed by atoms with E-state index in [9.17, 15) is 0 Å². The Labute approximate surface area is 203 Å². The molecule has 1 aliphatic rings. The van der Waals surface area contributed by atoms with Crippen LogP contribution in [0.25, 0.3) is 11.1 Å². The van der Waals surface area contributed by atoms with E-state index < -0.39 is 0 Å². The van der Waals surface area contributed by atoms with Gasteiger partial charge in [0.1, 0.15) is 5.66 Å². The molecule has 1 atom stereocenters. The van der Waals surface area contributed by atoms with Crippen molar-refractivity contribution in [3.8, 4) is 0 Å². The lowest BCUT2D eigenvalue weighted by atomic mass is 9.81. The summed E-state index contributed by atoms with van der Waals surface area (Å²) in [6, 6.07) is 42.9. The average Bonchev–Trinajstić information content (AvgIpc) is 2.91. The fraction of sp³-hybridized carbons (Fsp3) is 0.125. The largest absolute Gasteiger partial charge is 0.319 e. The molecule has 2 heteroatoms. The Morgan fingerprint density at radius 2 is 0.941 bits per heavy atom. The minimum atomic E-state index is -0.383. The summed E-state index contributed by atoms with van der Waals surface area (Å²) in [6.45, 7) is 0. The molecule has 168 valence electrons. The number of benzene rings is 4. The van der Waals surface area contributed by atoms with E-state index in [4.69, 9.17) is 0 Å². The van der Waals surface area contributed by atoms with Crippen LogP contribution in [0.1, 0.15) is 17.5 Å².